The van der Waals surface area contributed by atoms with E-state index in [1.54, 1.807) is 19.9 Å². The zero-order valence-corrected chi connectivity index (χ0v) is 14.3. The first-order chi connectivity index (χ1) is 12.1. The molecule has 0 radical (unpaired) electrons. The molecule has 126 valence electrons. The fraction of sp³-hybridized carbons (Fsp3) is 0.188. The van der Waals surface area contributed by atoms with Gasteiger partial charge < -0.3 is 14.4 Å². The Kier molecular flexibility index (Phi) is 3.77. The summed E-state index contributed by atoms with van der Waals surface area (Å²) in [5.41, 5.74) is 2.10. The molecule has 4 aromatic heterocycles. The summed E-state index contributed by atoms with van der Waals surface area (Å²) >= 11 is 1.51. The minimum atomic E-state index is -0.274. The van der Waals surface area contributed by atoms with Crippen molar-refractivity contribution in [2.45, 2.75) is 20.4 Å². The molecule has 8 nitrogen and oxygen atoms in total. The molecule has 0 aliphatic rings. The zero-order valence-electron chi connectivity index (χ0n) is 13.4. The van der Waals surface area contributed by atoms with E-state index in [2.05, 4.69) is 25.6 Å². The van der Waals surface area contributed by atoms with E-state index in [1.165, 1.54) is 11.3 Å². The number of fused-ring (bicyclic) bond motifs is 1. The first kappa shape index (κ1) is 15.5. The third kappa shape index (κ3) is 2.89. The molecular formula is C16H13N5O3S. The highest BCUT2D eigenvalue weighted by Gasteiger charge is 2.18. The molecule has 4 heterocycles. The monoisotopic (exact) mass is 355 g/mol. The lowest BCUT2D eigenvalue weighted by molar-refractivity contribution is 0.0951. The molecule has 0 saturated carbocycles. The molecule has 0 atom stereocenters. The number of pyridine rings is 1. The Morgan fingerprint density at radius 3 is 2.92 bits per heavy atom. The van der Waals surface area contributed by atoms with Crippen molar-refractivity contribution in [3.05, 3.63) is 46.4 Å². The SMILES string of the molecule is Cc1cc(C(=O)NCc2noc(-c3cccs3)n2)c2c(C)noc2n1. The molecule has 0 spiro atoms. The van der Waals surface area contributed by atoms with E-state index in [0.29, 0.717) is 39.8 Å². The van der Waals surface area contributed by atoms with Gasteiger partial charge in [-0.3, -0.25) is 4.79 Å². The quantitative estimate of drug-likeness (QED) is 0.600. The van der Waals surface area contributed by atoms with Gasteiger partial charge in [0, 0.05) is 5.69 Å². The highest BCUT2D eigenvalue weighted by molar-refractivity contribution is 7.13. The van der Waals surface area contributed by atoms with Crippen molar-refractivity contribution in [2.75, 3.05) is 0 Å². The Hall–Kier alpha value is -3.07. The smallest absolute Gasteiger partial charge is 0.268 e. The first-order valence-corrected chi connectivity index (χ1v) is 8.38. The zero-order chi connectivity index (χ0) is 17.4. The lowest BCUT2D eigenvalue weighted by Crippen LogP contribution is -2.24. The van der Waals surface area contributed by atoms with Gasteiger partial charge in [-0.2, -0.15) is 4.98 Å². The van der Waals surface area contributed by atoms with Crippen molar-refractivity contribution in [3.63, 3.8) is 0 Å². The van der Waals surface area contributed by atoms with Crippen LogP contribution in [-0.4, -0.2) is 26.2 Å². The van der Waals surface area contributed by atoms with Crippen LogP contribution in [0.4, 0.5) is 0 Å². The molecule has 0 aromatic carbocycles. The number of nitrogens with zero attached hydrogens (tertiary/aromatic N) is 4. The molecule has 0 fully saturated rings. The first-order valence-electron chi connectivity index (χ1n) is 7.50. The maximum Gasteiger partial charge on any atom is 0.268 e. The van der Waals surface area contributed by atoms with Crippen molar-refractivity contribution in [1.29, 1.82) is 0 Å². The minimum Gasteiger partial charge on any atom is -0.345 e. The maximum atomic E-state index is 12.6. The van der Waals surface area contributed by atoms with E-state index in [1.807, 2.05) is 17.5 Å². The third-order valence-corrected chi connectivity index (χ3v) is 4.45. The predicted molar refractivity (Wildman–Crippen MR) is 90.1 cm³/mol. The molecule has 1 N–H and O–H groups in total. The van der Waals surface area contributed by atoms with Crippen LogP contribution in [0, 0.1) is 13.8 Å². The highest BCUT2D eigenvalue weighted by atomic mass is 32.1. The van der Waals surface area contributed by atoms with Crippen molar-refractivity contribution >= 4 is 28.3 Å². The molecule has 4 rings (SSSR count). The maximum absolute atomic E-state index is 12.6. The summed E-state index contributed by atoms with van der Waals surface area (Å²) in [6, 6.07) is 5.50. The average Bonchev–Trinajstić information content (AvgIpc) is 3.32. The Balaban J connectivity index is 1.54. The topological polar surface area (TPSA) is 107 Å². The Morgan fingerprint density at radius 2 is 2.12 bits per heavy atom. The van der Waals surface area contributed by atoms with E-state index in [0.717, 1.165) is 4.88 Å². The normalized spacial score (nSPS) is 11.1. The van der Waals surface area contributed by atoms with Crippen molar-refractivity contribution in [1.82, 2.24) is 25.6 Å². The van der Waals surface area contributed by atoms with Crippen molar-refractivity contribution in [3.8, 4) is 10.8 Å². The third-order valence-electron chi connectivity index (χ3n) is 3.60. The number of carbonyl (C=O) groups is 1. The van der Waals surface area contributed by atoms with Gasteiger partial charge in [0.15, 0.2) is 5.82 Å². The van der Waals surface area contributed by atoms with Crippen LogP contribution < -0.4 is 5.32 Å². The summed E-state index contributed by atoms with van der Waals surface area (Å²) in [5.74, 6) is 0.571. The second-order valence-electron chi connectivity index (χ2n) is 5.44. The van der Waals surface area contributed by atoms with Gasteiger partial charge in [-0.15, -0.1) is 11.3 Å². The average molecular weight is 355 g/mol. The highest BCUT2D eigenvalue weighted by Crippen LogP contribution is 2.23. The Labute approximate surface area is 145 Å². The molecule has 25 heavy (non-hydrogen) atoms. The van der Waals surface area contributed by atoms with Crippen LogP contribution in [0.3, 0.4) is 0 Å². The van der Waals surface area contributed by atoms with Crippen LogP contribution in [0.2, 0.25) is 0 Å². The van der Waals surface area contributed by atoms with Gasteiger partial charge in [0.05, 0.1) is 28.1 Å². The van der Waals surface area contributed by atoms with E-state index < -0.39 is 0 Å². The molecule has 4 aromatic rings. The summed E-state index contributed by atoms with van der Waals surface area (Å²) in [7, 11) is 0. The molecular weight excluding hydrogens is 342 g/mol. The van der Waals surface area contributed by atoms with Gasteiger partial charge in [-0.25, -0.2) is 4.98 Å². The van der Waals surface area contributed by atoms with Crippen LogP contribution >= 0.6 is 11.3 Å². The summed E-state index contributed by atoms with van der Waals surface area (Å²) in [5, 5.41) is 13.1. The molecule has 0 unspecified atom stereocenters. The number of thiophene rings is 1. The fourth-order valence-electron chi connectivity index (χ4n) is 2.48. The minimum absolute atomic E-state index is 0.154. The number of aromatic nitrogens is 4. The number of carbonyl (C=O) groups excluding carboxylic acids is 1. The number of nitrogens with one attached hydrogen (secondary N) is 1. The molecule has 1 amide bonds. The van der Waals surface area contributed by atoms with Gasteiger partial charge in [-0.05, 0) is 31.4 Å². The molecule has 0 bridgehead atoms. The second-order valence-corrected chi connectivity index (χ2v) is 6.38. The van der Waals surface area contributed by atoms with Gasteiger partial charge in [-0.1, -0.05) is 16.4 Å². The van der Waals surface area contributed by atoms with Crippen LogP contribution in [0.5, 0.6) is 0 Å². The van der Waals surface area contributed by atoms with Crippen molar-refractivity contribution in [2.24, 2.45) is 0 Å². The van der Waals surface area contributed by atoms with Crippen molar-refractivity contribution < 1.29 is 13.8 Å². The van der Waals surface area contributed by atoms with Gasteiger partial charge in [0.1, 0.15) is 0 Å². The lowest BCUT2D eigenvalue weighted by Gasteiger charge is -2.04. The summed E-state index contributed by atoms with van der Waals surface area (Å²) in [6.07, 6.45) is 0. The largest absolute Gasteiger partial charge is 0.345 e. The number of hydrogen-bond acceptors (Lipinski definition) is 8. The van der Waals surface area contributed by atoms with E-state index in [-0.39, 0.29) is 12.5 Å². The van der Waals surface area contributed by atoms with Gasteiger partial charge >= 0.3 is 0 Å². The van der Waals surface area contributed by atoms with E-state index >= 15 is 0 Å². The molecule has 9 heteroatoms. The number of amides is 1. The predicted octanol–water partition coefficient (Wildman–Crippen LogP) is 2.88. The Morgan fingerprint density at radius 1 is 1.24 bits per heavy atom. The number of rotatable bonds is 4. The van der Waals surface area contributed by atoms with Gasteiger partial charge in [0.2, 0.25) is 0 Å². The summed E-state index contributed by atoms with van der Waals surface area (Å²) in [4.78, 5) is 22.0. The second kappa shape index (κ2) is 6.10. The summed E-state index contributed by atoms with van der Waals surface area (Å²) in [6.45, 7) is 3.72. The van der Waals surface area contributed by atoms with Crippen LogP contribution in [0.25, 0.3) is 21.9 Å². The van der Waals surface area contributed by atoms with Crippen LogP contribution in [0.15, 0.2) is 32.6 Å². The van der Waals surface area contributed by atoms with Crippen LogP contribution in [-0.2, 0) is 6.54 Å². The lowest BCUT2D eigenvalue weighted by atomic mass is 10.1. The Bertz CT molecular complexity index is 1050. The molecule has 0 aliphatic heterocycles. The fourth-order valence-corrected chi connectivity index (χ4v) is 3.12. The number of aryl methyl sites for hydroxylation is 2. The van der Waals surface area contributed by atoms with Crippen LogP contribution in [0.1, 0.15) is 27.6 Å². The van der Waals surface area contributed by atoms with E-state index in [9.17, 15) is 4.79 Å². The summed E-state index contributed by atoms with van der Waals surface area (Å²) < 4.78 is 10.4. The molecule has 0 saturated heterocycles. The van der Waals surface area contributed by atoms with E-state index in [4.69, 9.17) is 9.05 Å². The van der Waals surface area contributed by atoms with Gasteiger partial charge in [0.25, 0.3) is 17.5 Å². The standard InChI is InChI=1S/C16H13N5O3S/c1-8-6-10(13-9(2)20-24-16(13)18-8)14(22)17-7-12-19-15(23-21-12)11-4-3-5-25-11/h3-6H,7H2,1-2H3,(H,17,22). The molecule has 0 aliphatic carbocycles. The number of hydrogen-bond donors (Lipinski definition) is 1.